The Morgan fingerprint density at radius 2 is 1.88 bits per heavy atom. The number of aryl methyl sites for hydroxylation is 1. The monoisotopic (exact) mass is 400 g/mol. The van der Waals surface area contributed by atoms with Gasteiger partial charge >= 0.3 is 6.03 Å². The molecule has 1 atom stereocenters. The first-order chi connectivity index (χ1) is 12.1. The summed E-state index contributed by atoms with van der Waals surface area (Å²) in [6.45, 7) is 0.489. The van der Waals surface area contributed by atoms with Crippen LogP contribution in [0.5, 0.6) is 5.75 Å². The first-order valence-electron chi connectivity index (χ1n) is 8.21. The third-order valence-corrected chi connectivity index (χ3v) is 5.35. The topological polar surface area (TPSA) is 58.6 Å². The first kappa shape index (κ1) is 16.1. The smallest absolute Gasteiger partial charge is 0.325 e. The number of carbonyl (C=O) groups excluding carboxylic acids is 2. The number of hydrogen-bond donors (Lipinski definition) is 1. The Labute approximate surface area is 154 Å². The molecule has 3 amide bonds. The molecule has 6 heteroatoms. The number of benzene rings is 2. The predicted octanol–water partition coefficient (Wildman–Crippen LogP) is 3.22. The van der Waals surface area contributed by atoms with Gasteiger partial charge in [0.15, 0.2) is 0 Å². The van der Waals surface area contributed by atoms with E-state index in [4.69, 9.17) is 4.74 Å². The lowest BCUT2D eigenvalue weighted by molar-refractivity contribution is -0.131. The van der Waals surface area contributed by atoms with Crippen molar-refractivity contribution in [3.05, 3.63) is 64.1 Å². The molecule has 2 aliphatic rings. The van der Waals surface area contributed by atoms with Crippen molar-refractivity contribution >= 4 is 27.9 Å². The second-order valence-corrected chi connectivity index (χ2v) is 7.17. The minimum atomic E-state index is -0.898. The molecule has 1 spiro atoms. The van der Waals surface area contributed by atoms with Crippen LogP contribution in [0.3, 0.4) is 0 Å². The highest BCUT2D eigenvalue weighted by Crippen LogP contribution is 2.41. The zero-order valence-corrected chi connectivity index (χ0v) is 15.1. The van der Waals surface area contributed by atoms with Crippen LogP contribution in [0, 0.1) is 0 Å². The summed E-state index contributed by atoms with van der Waals surface area (Å²) in [7, 11) is 0. The summed E-state index contributed by atoms with van der Waals surface area (Å²) in [5, 5.41) is 2.92. The van der Waals surface area contributed by atoms with Crippen LogP contribution in [0.2, 0.25) is 0 Å². The molecule has 0 saturated carbocycles. The molecule has 128 valence electrons. The molecule has 0 radical (unpaired) electrons. The fourth-order valence-electron chi connectivity index (χ4n) is 3.58. The van der Waals surface area contributed by atoms with E-state index in [0.717, 1.165) is 22.0 Å². The normalized spacial score (nSPS) is 21.6. The van der Waals surface area contributed by atoms with Crippen molar-refractivity contribution in [2.75, 3.05) is 13.2 Å². The Hall–Kier alpha value is -2.34. The molecule has 1 N–H and O–H groups in total. The van der Waals surface area contributed by atoms with E-state index in [9.17, 15) is 9.59 Å². The molecule has 2 aromatic rings. The molecule has 4 rings (SSSR count). The number of halogens is 1. The van der Waals surface area contributed by atoms with Gasteiger partial charge in [0.05, 0.1) is 6.54 Å². The summed E-state index contributed by atoms with van der Waals surface area (Å²) in [6, 6.07) is 14.9. The van der Waals surface area contributed by atoms with E-state index in [0.29, 0.717) is 12.2 Å². The third kappa shape index (κ3) is 2.70. The third-order valence-electron chi connectivity index (χ3n) is 4.82. The quantitative estimate of drug-likeness (QED) is 0.801. The molecular weight excluding hydrogens is 384 g/mol. The van der Waals surface area contributed by atoms with Crippen LogP contribution < -0.4 is 10.1 Å². The number of rotatable bonds is 4. The lowest BCUT2D eigenvalue weighted by atomic mass is 9.92. The summed E-state index contributed by atoms with van der Waals surface area (Å²) in [5.41, 5.74) is 1.15. The molecule has 1 unspecified atom stereocenters. The van der Waals surface area contributed by atoms with Gasteiger partial charge in [0.1, 0.15) is 17.9 Å². The Morgan fingerprint density at radius 1 is 1.12 bits per heavy atom. The van der Waals surface area contributed by atoms with Crippen molar-refractivity contribution in [2.24, 2.45) is 0 Å². The summed E-state index contributed by atoms with van der Waals surface area (Å²) >= 11 is 3.37. The second-order valence-electron chi connectivity index (χ2n) is 6.25. The van der Waals surface area contributed by atoms with Crippen LogP contribution in [0.1, 0.15) is 17.5 Å². The van der Waals surface area contributed by atoms with Crippen LogP contribution in [0.4, 0.5) is 4.79 Å². The van der Waals surface area contributed by atoms with Gasteiger partial charge in [-0.3, -0.25) is 9.69 Å². The Kier molecular flexibility index (Phi) is 4.00. The molecular formula is C19H17BrN2O3. The van der Waals surface area contributed by atoms with E-state index in [1.54, 1.807) is 0 Å². The average molecular weight is 401 g/mol. The minimum Gasteiger partial charge on any atom is -0.492 e. The van der Waals surface area contributed by atoms with Crippen LogP contribution >= 0.6 is 15.9 Å². The number of fused-ring (bicyclic) bond motifs is 2. The van der Waals surface area contributed by atoms with Gasteiger partial charge in [-0.05, 0) is 48.2 Å². The van der Waals surface area contributed by atoms with Crippen LogP contribution in [0.15, 0.2) is 53.0 Å². The van der Waals surface area contributed by atoms with Gasteiger partial charge < -0.3 is 10.1 Å². The summed E-state index contributed by atoms with van der Waals surface area (Å²) in [4.78, 5) is 26.6. The number of ether oxygens (including phenoxy) is 1. The van der Waals surface area contributed by atoms with Gasteiger partial charge in [0, 0.05) is 4.47 Å². The first-order valence-corrected chi connectivity index (χ1v) is 9.00. The van der Waals surface area contributed by atoms with E-state index >= 15 is 0 Å². The highest BCUT2D eigenvalue weighted by Gasteiger charge is 2.54. The van der Waals surface area contributed by atoms with E-state index in [2.05, 4.69) is 21.2 Å². The highest BCUT2D eigenvalue weighted by atomic mass is 79.9. The van der Waals surface area contributed by atoms with Crippen LogP contribution in [-0.2, 0) is 16.8 Å². The fraction of sp³-hybridized carbons (Fsp3) is 0.263. The molecule has 1 heterocycles. The van der Waals surface area contributed by atoms with E-state index in [1.165, 1.54) is 4.90 Å². The number of amides is 3. The molecule has 1 saturated heterocycles. The van der Waals surface area contributed by atoms with Crippen molar-refractivity contribution in [1.29, 1.82) is 0 Å². The largest absolute Gasteiger partial charge is 0.492 e. The maximum atomic E-state index is 13.0. The summed E-state index contributed by atoms with van der Waals surface area (Å²) < 4.78 is 6.61. The van der Waals surface area contributed by atoms with Gasteiger partial charge in [0.2, 0.25) is 0 Å². The van der Waals surface area contributed by atoms with Crippen molar-refractivity contribution in [2.45, 2.75) is 18.4 Å². The maximum Gasteiger partial charge on any atom is 0.325 e. The number of carbonyl (C=O) groups is 2. The predicted molar refractivity (Wildman–Crippen MR) is 96.3 cm³/mol. The van der Waals surface area contributed by atoms with Gasteiger partial charge in [-0.25, -0.2) is 4.79 Å². The number of hydrogen-bond acceptors (Lipinski definition) is 3. The minimum absolute atomic E-state index is 0.179. The van der Waals surface area contributed by atoms with Crippen LogP contribution in [-0.4, -0.2) is 30.0 Å². The van der Waals surface area contributed by atoms with Crippen molar-refractivity contribution < 1.29 is 14.3 Å². The van der Waals surface area contributed by atoms with Gasteiger partial charge in [-0.1, -0.05) is 40.2 Å². The van der Waals surface area contributed by atoms with Gasteiger partial charge in [-0.15, -0.1) is 0 Å². The molecule has 5 nitrogen and oxygen atoms in total. The van der Waals surface area contributed by atoms with Gasteiger partial charge in [0.25, 0.3) is 5.91 Å². The van der Waals surface area contributed by atoms with Crippen molar-refractivity contribution in [3.63, 3.8) is 0 Å². The standard InChI is InChI=1S/C19H17BrN2O3/c20-14-5-7-15(8-6-14)25-12-11-22-17(23)19(21-18(22)24)10-9-13-3-1-2-4-16(13)19/h1-8H,9-12H2,(H,21,24). The fourth-order valence-corrected chi connectivity index (χ4v) is 3.84. The number of urea groups is 1. The highest BCUT2D eigenvalue weighted by molar-refractivity contribution is 9.10. The zero-order chi connectivity index (χ0) is 17.4. The van der Waals surface area contributed by atoms with Crippen LogP contribution in [0.25, 0.3) is 0 Å². The molecule has 25 heavy (non-hydrogen) atoms. The van der Waals surface area contributed by atoms with E-state index < -0.39 is 5.54 Å². The molecule has 1 aliphatic carbocycles. The number of nitrogens with zero attached hydrogens (tertiary/aromatic N) is 1. The Bertz CT molecular complexity index is 837. The zero-order valence-electron chi connectivity index (χ0n) is 13.5. The SMILES string of the molecule is O=C1NC2(CCc3ccccc32)C(=O)N1CCOc1ccc(Br)cc1. The number of imide groups is 1. The van der Waals surface area contributed by atoms with Gasteiger partial charge in [-0.2, -0.15) is 0 Å². The molecule has 1 fully saturated rings. The molecule has 0 bridgehead atoms. The Morgan fingerprint density at radius 3 is 2.68 bits per heavy atom. The maximum absolute atomic E-state index is 13.0. The van der Waals surface area contributed by atoms with Crippen molar-refractivity contribution in [1.82, 2.24) is 10.2 Å². The summed E-state index contributed by atoms with van der Waals surface area (Å²) in [6.07, 6.45) is 1.41. The molecule has 2 aromatic carbocycles. The Balaban J connectivity index is 1.46. The summed E-state index contributed by atoms with van der Waals surface area (Å²) in [5.74, 6) is 0.526. The second kappa shape index (κ2) is 6.19. The van der Waals surface area contributed by atoms with E-state index in [-0.39, 0.29) is 25.1 Å². The van der Waals surface area contributed by atoms with Crippen molar-refractivity contribution in [3.8, 4) is 5.75 Å². The van der Waals surface area contributed by atoms with E-state index in [1.807, 2.05) is 48.5 Å². The molecule has 0 aromatic heterocycles. The number of nitrogens with one attached hydrogen (secondary N) is 1. The average Bonchev–Trinajstić information content (AvgIpc) is 3.10. The molecule has 1 aliphatic heterocycles. The lowest BCUT2D eigenvalue weighted by Crippen LogP contribution is -2.42. The lowest BCUT2D eigenvalue weighted by Gasteiger charge is -2.22.